The van der Waals surface area contributed by atoms with Gasteiger partial charge in [0.05, 0.1) is 17.2 Å². The molecule has 0 aliphatic rings. The Labute approximate surface area is 127 Å². The average Bonchev–Trinajstić information content (AvgIpc) is 2.93. The Hall–Kier alpha value is 0.0200. The lowest BCUT2D eigenvalue weighted by atomic mass is 10.4. The van der Waals surface area contributed by atoms with Crippen molar-refractivity contribution in [2.24, 2.45) is 0 Å². The summed E-state index contributed by atoms with van der Waals surface area (Å²) in [6.45, 7) is 2.31. The first-order valence-electron chi connectivity index (χ1n) is 5.30. The number of thiophene rings is 1. The van der Waals surface area contributed by atoms with Gasteiger partial charge in [-0.25, -0.2) is 4.98 Å². The van der Waals surface area contributed by atoms with Crippen molar-refractivity contribution in [3.63, 3.8) is 0 Å². The lowest BCUT2D eigenvalue weighted by Gasteiger charge is -2.00. The second-order valence-electron chi connectivity index (χ2n) is 3.55. The molecule has 7 heteroatoms. The molecule has 0 unspecified atom stereocenters. The molecule has 0 aliphatic carbocycles. The van der Waals surface area contributed by atoms with E-state index in [1.165, 1.54) is 11.3 Å². The first-order chi connectivity index (χ1) is 8.70. The van der Waals surface area contributed by atoms with E-state index in [1.54, 1.807) is 18.4 Å². The fourth-order valence-electron chi connectivity index (χ4n) is 1.34. The molecular weight excluding hydrogens is 356 g/mol. The molecule has 0 saturated heterocycles. The van der Waals surface area contributed by atoms with Crippen LogP contribution in [0, 0.1) is 0 Å². The first kappa shape index (κ1) is 14.4. The van der Waals surface area contributed by atoms with Crippen molar-refractivity contribution in [1.29, 1.82) is 0 Å². The molecular formula is C11H12BrClN2OS2. The molecule has 0 bridgehead atoms. The third-order valence-electron chi connectivity index (χ3n) is 2.20. The van der Waals surface area contributed by atoms with Crippen LogP contribution >= 0.6 is 50.2 Å². The topological polar surface area (TPSA) is 34.1 Å². The summed E-state index contributed by atoms with van der Waals surface area (Å²) in [5.41, 5.74) is 1.05. The van der Waals surface area contributed by atoms with Crippen molar-refractivity contribution in [2.45, 2.75) is 6.54 Å². The highest BCUT2D eigenvalue weighted by atomic mass is 79.9. The van der Waals surface area contributed by atoms with Crippen molar-refractivity contribution in [3.05, 3.63) is 25.9 Å². The first-order valence-corrected chi connectivity index (χ1v) is 8.16. The predicted octanol–water partition coefficient (Wildman–Crippen LogP) is 4.02. The molecule has 0 fully saturated rings. The van der Waals surface area contributed by atoms with Crippen LogP contribution in [-0.4, -0.2) is 25.2 Å². The zero-order chi connectivity index (χ0) is 13.0. The van der Waals surface area contributed by atoms with Crippen molar-refractivity contribution >= 4 is 50.2 Å². The standard InChI is InChI=1S/C11H12BrClN2OS2/c1-16-3-2-14-5-7-6-17-11(15-7)9-4-8(12)10(13)18-9/h4,6,14H,2-3,5H2,1H3. The molecule has 2 heterocycles. The fourth-order valence-corrected chi connectivity index (χ4v) is 3.93. The van der Waals surface area contributed by atoms with E-state index in [2.05, 4.69) is 31.6 Å². The number of nitrogens with one attached hydrogen (secondary N) is 1. The van der Waals surface area contributed by atoms with E-state index in [9.17, 15) is 0 Å². The Kier molecular flexibility index (Phi) is 5.59. The highest BCUT2D eigenvalue weighted by Crippen LogP contribution is 2.38. The molecule has 0 aliphatic heterocycles. The molecule has 2 aromatic rings. The minimum atomic E-state index is 0.713. The Morgan fingerprint density at radius 1 is 1.56 bits per heavy atom. The van der Waals surface area contributed by atoms with Gasteiger partial charge in [-0.1, -0.05) is 11.6 Å². The maximum Gasteiger partial charge on any atom is 0.133 e. The van der Waals surface area contributed by atoms with Gasteiger partial charge in [0.2, 0.25) is 0 Å². The van der Waals surface area contributed by atoms with Crippen LogP contribution in [0.3, 0.4) is 0 Å². The van der Waals surface area contributed by atoms with Gasteiger partial charge in [-0.15, -0.1) is 22.7 Å². The number of halogens is 2. The van der Waals surface area contributed by atoms with E-state index in [4.69, 9.17) is 16.3 Å². The molecule has 0 amide bonds. The van der Waals surface area contributed by atoms with Crippen LogP contribution < -0.4 is 5.32 Å². The van der Waals surface area contributed by atoms with Gasteiger partial charge >= 0.3 is 0 Å². The Balaban J connectivity index is 1.97. The van der Waals surface area contributed by atoms with Crippen LogP contribution in [0.15, 0.2) is 15.9 Å². The second kappa shape index (κ2) is 6.98. The van der Waals surface area contributed by atoms with Crippen LogP contribution in [-0.2, 0) is 11.3 Å². The van der Waals surface area contributed by atoms with Crippen LogP contribution in [0.4, 0.5) is 0 Å². The van der Waals surface area contributed by atoms with Gasteiger partial charge in [-0.2, -0.15) is 0 Å². The van der Waals surface area contributed by atoms with E-state index in [0.717, 1.165) is 37.5 Å². The molecule has 2 aromatic heterocycles. The minimum Gasteiger partial charge on any atom is -0.383 e. The number of rotatable bonds is 6. The SMILES string of the molecule is COCCNCc1csc(-c2cc(Br)c(Cl)s2)n1. The molecule has 0 aromatic carbocycles. The maximum absolute atomic E-state index is 6.03. The summed E-state index contributed by atoms with van der Waals surface area (Å²) in [5.74, 6) is 0. The van der Waals surface area contributed by atoms with Gasteiger partial charge in [0, 0.05) is 30.1 Å². The number of nitrogens with zero attached hydrogens (tertiary/aromatic N) is 1. The number of hydrogen-bond acceptors (Lipinski definition) is 5. The molecule has 18 heavy (non-hydrogen) atoms. The highest BCUT2D eigenvalue weighted by molar-refractivity contribution is 9.10. The van der Waals surface area contributed by atoms with Crippen molar-refractivity contribution in [3.8, 4) is 9.88 Å². The minimum absolute atomic E-state index is 0.713. The quantitative estimate of drug-likeness (QED) is 0.783. The summed E-state index contributed by atoms with van der Waals surface area (Å²) in [4.78, 5) is 5.68. The van der Waals surface area contributed by atoms with Crippen LogP contribution in [0.2, 0.25) is 4.34 Å². The van der Waals surface area contributed by atoms with E-state index in [1.807, 2.05) is 6.07 Å². The number of aromatic nitrogens is 1. The van der Waals surface area contributed by atoms with Gasteiger partial charge in [-0.05, 0) is 22.0 Å². The maximum atomic E-state index is 6.03. The number of ether oxygens (including phenoxy) is 1. The van der Waals surface area contributed by atoms with Gasteiger partial charge in [0.1, 0.15) is 9.34 Å². The molecule has 0 atom stereocenters. The largest absolute Gasteiger partial charge is 0.383 e. The normalized spacial score (nSPS) is 11.1. The monoisotopic (exact) mass is 366 g/mol. The fraction of sp³-hybridized carbons (Fsp3) is 0.364. The van der Waals surface area contributed by atoms with Gasteiger partial charge in [0.25, 0.3) is 0 Å². The summed E-state index contributed by atoms with van der Waals surface area (Å²) in [7, 11) is 1.70. The number of thiazole rings is 1. The van der Waals surface area contributed by atoms with Crippen molar-refractivity contribution in [2.75, 3.05) is 20.3 Å². The third-order valence-corrected chi connectivity index (χ3v) is 5.73. The molecule has 3 nitrogen and oxygen atoms in total. The van der Waals surface area contributed by atoms with Gasteiger partial charge < -0.3 is 10.1 Å². The predicted molar refractivity (Wildman–Crippen MR) is 81.7 cm³/mol. The van der Waals surface area contributed by atoms with E-state index in [-0.39, 0.29) is 0 Å². The zero-order valence-corrected chi connectivity index (χ0v) is 13.7. The molecule has 1 N–H and O–H groups in total. The van der Waals surface area contributed by atoms with E-state index < -0.39 is 0 Å². The number of hydrogen-bond donors (Lipinski definition) is 1. The summed E-state index contributed by atoms with van der Waals surface area (Å²) in [5, 5.41) is 6.35. The smallest absolute Gasteiger partial charge is 0.133 e. The molecule has 0 spiro atoms. The van der Waals surface area contributed by atoms with Crippen molar-refractivity contribution < 1.29 is 4.74 Å². The van der Waals surface area contributed by atoms with E-state index in [0.29, 0.717) is 6.61 Å². The summed E-state index contributed by atoms with van der Waals surface area (Å²) >= 11 is 12.6. The second-order valence-corrected chi connectivity index (χ2v) is 6.91. The van der Waals surface area contributed by atoms with Crippen LogP contribution in [0.25, 0.3) is 9.88 Å². The Morgan fingerprint density at radius 3 is 3.06 bits per heavy atom. The van der Waals surface area contributed by atoms with Crippen LogP contribution in [0.5, 0.6) is 0 Å². The van der Waals surface area contributed by atoms with Gasteiger partial charge in [0.15, 0.2) is 0 Å². The summed E-state index contributed by atoms with van der Waals surface area (Å²) in [6.07, 6.45) is 0. The molecule has 0 radical (unpaired) electrons. The van der Waals surface area contributed by atoms with Crippen LogP contribution in [0.1, 0.15) is 5.69 Å². The van der Waals surface area contributed by atoms with Crippen molar-refractivity contribution in [1.82, 2.24) is 10.3 Å². The van der Waals surface area contributed by atoms with Gasteiger partial charge in [-0.3, -0.25) is 0 Å². The van der Waals surface area contributed by atoms with E-state index >= 15 is 0 Å². The highest BCUT2D eigenvalue weighted by Gasteiger charge is 2.10. The Morgan fingerprint density at radius 2 is 2.39 bits per heavy atom. The molecule has 98 valence electrons. The average molecular weight is 368 g/mol. The lowest BCUT2D eigenvalue weighted by Crippen LogP contribution is -2.18. The lowest BCUT2D eigenvalue weighted by molar-refractivity contribution is 0.199. The number of methoxy groups -OCH3 is 1. The summed E-state index contributed by atoms with van der Waals surface area (Å²) in [6, 6.07) is 2.01. The third kappa shape index (κ3) is 3.76. The zero-order valence-electron chi connectivity index (χ0n) is 9.70. The molecule has 2 rings (SSSR count). The summed E-state index contributed by atoms with van der Waals surface area (Å²) < 4.78 is 6.67. The molecule has 0 saturated carbocycles. The Bertz CT molecular complexity index is 495.